The third-order valence-electron chi connectivity index (χ3n) is 4.37. The molecular weight excluding hydrogens is 320 g/mol. The fourth-order valence-corrected chi connectivity index (χ4v) is 3.94. The number of benzene rings is 1. The molecule has 3 rings (SSSR count). The minimum Gasteiger partial charge on any atom is -0.352 e. The zero-order valence-electron chi connectivity index (χ0n) is 14.1. The highest BCUT2D eigenvalue weighted by molar-refractivity contribution is 7.15. The van der Waals surface area contributed by atoms with Gasteiger partial charge >= 0.3 is 0 Å². The summed E-state index contributed by atoms with van der Waals surface area (Å²) in [5.41, 5.74) is 1.14. The van der Waals surface area contributed by atoms with Gasteiger partial charge in [-0.05, 0) is 24.8 Å². The molecule has 0 radical (unpaired) electrons. The summed E-state index contributed by atoms with van der Waals surface area (Å²) in [6.07, 6.45) is 3.85. The molecule has 1 aliphatic rings. The van der Waals surface area contributed by atoms with E-state index in [4.69, 9.17) is 0 Å². The van der Waals surface area contributed by atoms with Gasteiger partial charge in [-0.15, -0.1) is 10.2 Å². The monoisotopic (exact) mass is 344 g/mol. The fourth-order valence-electron chi connectivity index (χ4n) is 2.95. The van der Waals surface area contributed by atoms with Crippen LogP contribution in [-0.4, -0.2) is 29.2 Å². The summed E-state index contributed by atoms with van der Waals surface area (Å²) < 4.78 is 0. The standard InChI is InChI=1S/C18H24N4OS/c1-2-6-16-20-21-18(24-16)22-11-9-15(10-12-22)17(23)19-13-14-7-4-3-5-8-14/h3-5,7-8,15H,2,6,9-13H2,1H3,(H,19,23). The molecule has 0 unspecified atom stereocenters. The van der Waals surface area contributed by atoms with Crippen molar-refractivity contribution in [2.75, 3.05) is 18.0 Å². The van der Waals surface area contributed by atoms with Crippen molar-refractivity contribution in [3.8, 4) is 0 Å². The summed E-state index contributed by atoms with van der Waals surface area (Å²) in [6.45, 7) is 4.52. The number of nitrogens with one attached hydrogen (secondary N) is 1. The number of hydrogen-bond acceptors (Lipinski definition) is 5. The molecule has 128 valence electrons. The lowest BCUT2D eigenvalue weighted by Crippen LogP contribution is -2.40. The third kappa shape index (κ3) is 4.32. The number of nitrogens with zero attached hydrogens (tertiary/aromatic N) is 3. The molecule has 0 spiro atoms. The predicted octanol–water partition coefficient (Wildman–Crippen LogP) is 3.02. The molecule has 0 saturated carbocycles. The Kier molecular flexibility index (Phi) is 5.80. The minimum absolute atomic E-state index is 0.105. The molecule has 1 aromatic heterocycles. The van der Waals surface area contributed by atoms with Crippen molar-refractivity contribution >= 4 is 22.4 Å². The molecule has 1 amide bonds. The van der Waals surface area contributed by atoms with Gasteiger partial charge in [0.1, 0.15) is 5.01 Å². The van der Waals surface area contributed by atoms with Crippen molar-refractivity contribution in [2.45, 2.75) is 39.2 Å². The summed E-state index contributed by atoms with van der Waals surface area (Å²) in [4.78, 5) is 14.6. The van der Waals surface area contributed by atoms with Gasteiger partial charge in [0.25, 0.3) is 0 Å². The third-order valence-corrected chi connectivity index (χ3v) is 5.41. The van der Waals surface area contributed by atoms with Crippen molar-refractivity contribution in [1.29, 1.82) is 0 Å². The topological polar surface area (TPSA) is 58.1 Å². The largest absolute Gasteiger partial charge is 0.352 e. The maximum atomic E-state index is 12.3. The van der Waals surface area contributed by atoms with E-state index in [0.29, 0.717) is 6.54 Å². The Morgan fingerprint density at radius 3 is 2.71 bits per heavy atom. The number of rotatable bonds is 6. The van der Waals surface area contributed by atoms with Gasteiger partial charge < -0.3 is 10.2 Å². The first kappa shape index (κ1) is 16.9. The van der Waals surface area contributed by atoms with Crippen molar-refractivity contribution in [3.63, 3.8) is 0 Å². The molecule has 24 heavy (non-hydrogen) atoms. The Morgan fingerprint density at radius 1 is 1.25 bits per heavy atom. The first-order chi connectivity index (χ1) is 11.8. The van der Waals surface area contributed by atoms with Crippen molar-refractivity contribution < 1.29 is 4.79 Å². The highest BCUT2D eigenvalue weighted by Gasteiger charge is 2.26. The fraction of sp³-hybridized carbons (Fsp3) is 0.500. The molecule has 1 fully saturated rings. The van der Waals surface area contributed by atoms with Gasteiger partial charge in [0, 0.05) is 32.0 Å². The van der Waals surface area contributed by atoms with Crippen LogP contribution >= 0.6 is 11.3 Å². The van der Waals surface area contributed by atoms with Crippen LogP contribution in [0, 0.1) is 5.92 Å². The molecule has 2 heterocycles. The first-order valence-electron chi connectivity index (χ1n) is 8.65. The molecule has 0 atom stereocenters. The molecule has 0 bridgehead atoms. The van der Waals surface area contributed by atoms with Gasteiger partial charge in [-0.25, -0.2) is 0 Å². The van der Waals surface area contributed by atoms with Gasteiger partial charge in [0.05, 0.1) is 0 Å². The van der Waals surface area contributed by atoms with Crippen LogP contribution in [0.1, 0.15) is 36.8 Å². The normalized spacial score (nSPS) is 15.5. The van der Waals surface area contributed by atoms with Gasteiger partial charge in [-0.2, -0.15) is 0 Å². The lowest BCUT2D eigenvalue weighted by molar-refractivity contribution is -0.125. The van der Waals surface area contributed by atoms with E-state index in [1.54, 1.807) is 11.3 Å². The minimum atomic E-state index is 0.105. The van der Waals surface area contributed by atoms with E-state index in [9.17, 15) is 4.79 Å². The Labute approximate surface area is 147 Å². The molecule has 1 saturated heterocycles. The molecule has 1 aliphatic heterocycles. The second kappa shape index (κ2) is 8.24. The predicted molar refractivity (Wildman–Crippen MR) is 97.1 cm³/mol. The number of anilines is 1. The Bertz CT molecular complexity index is 650. The maximum absolute atomic E-state index is 12.3. The van der Waals surface area contributed by atoms with E-state index >= 15 is 0 Å². The highest BCUT2D eigenvalue weighted by Crippen LogP contribution is 2.26. The number of carbonyl (C=O) groups is 1. The van der Waals surface area contributed by atoms with Crippen LogP contribution < -0.4 is 10.2 Å². The van der Waals surface area contributed by atoms with Gasteiger partial charge in [-0.1, -0.05) is 48.6 Å². The SMILES string of the molecule is CCCc1nnc(N2CCC(C(=O)NCc3ccccc3)CC2)s1. The summed E-state index contributed by atoms with van der Waals surface area (Å²) >= 11 is 1.68. The van der Waals surface area contributed by atoms with E-state index in [0.717, 1.165) is 54.5 Å². The number of amides is 1. The molecule has 1 N–H and O–H groups in total. The highest BCUT2D eigenvalue weighted by atomic mass is 32.1. The van der Waals surface area contributed by atoms with E-state index in [-0.39, 0.29) is 11.8 Å². The molecule has 1 aromatic carbocycles. The van der Waals surface area contributed by atoms with Crippen LogP contribution in [0.5, 0.6) is 0 Å². The van der Waals surface area contributed by atoms with Gasteiger partial charge in [0.2, 0.25) is 11.0 Å². The first-order valence-corrected chi connectivity index (χ1v) is 9.47. The quantitative estimate of drug-likeness (QED) is 0.875. The van der Waals surface area contributed by atoms with E-state index in [1.807, 2.05) is 30.3 Å². The average molecular weight is 344 g/mol. The summed E-state index contributed by atoms with van der Waals surface area (Å²) in [6, 6.07) is 10.0. The van der Waals surface area contributed by atoms with E-state index in [2.05, 4.69) is 27.3 Å². The summed E-state index contributed by atoms with van der Waals surface area (Å²) in [7, 11) is 0. The van der Waals surface area contributed by atoms with Gasteiger partial charge in [-0.3, -0.25) is 4.79 Å². The number of aryl methyl sites for hydroxylation is 1. The Balaban J connectivity index is 1.46. The van der Waals surface area contributed by atoms with Crippen LogP contribution in [0.2, 0.25) is 0 Å². The molecule has 2 aromatic rings. The van der Waals surface area contributed by atoms with Crippen molar-refractivity contribution in [2.24, 2.45) is 5.92 Å². The number of carbonyl (C=O) groups excluding carboxylic acids is 1. The van der Waals surface area contributed by atoms with E-state index < -0.39 is 0 Å². The van der Waals surface area contributed by atoms with Gasteiger partial charge in [0.15, 0.2) is 0 Å². The van der Waals surface area contributed by atoms with Crippen molar-refractivity contribution in [3.05, 3.63) is 40.9 Å². The molecule has 6 heteroatoms. The second-order valence-corrected chi connectivity index (χ2v) is 7.23. The molecule has 0 aliphatic carbocycles. The summed E-state index contributed by atoms with van der Waals surface area (Å²) in [5, 5.41) is 13.7. The van der Waals surface area contributed by atoms with Crippen LogP contribution in [0.15, 0.2) is 30.3 Å². The number of piperidine rings is 1. The van der Waals surface area contributed by atoms with Crippen LogP contribution in [-0.2, 0) is 17.8 Å². The molecular formula is C18H24N4OS. The number of hydrogen-bond donors (Lipinski definition) is 1. The van der Waals surface area contributed by atoms with Crippen molar-refractivity contribution in [1.82, 2.24) is 15.5 Å². The summed E-state index contributed by atoms with van der Waals surface area (Å²) in [5.74, 6) is 0.274. The maximum Gasteiger partial charge on any atom is 0.223 e. The zero-order chi connectivity index (χ0) is 16.8. The average Bonchev–Trinajstić information content (AvgIpc) is 3.10. The zero-order valence-corrected chi connectivity index (χ0v) is 14.9. The van der Waals surface area contributed by atoms with Crippen LogP contribution in [0.25, 0.3) is 0 Å². The van der Waals surface area contributed by atoms with E-state index in [1.165, 1.54) is 0 Å². The second-order valence-electron chi connectivity index (χ2n) is 6.19. The number of aromatic nitrogens is 2. The Hall–Kier alpha value is -1.95. The lowest BCUT2D eigenvalue weighted by atomic mass is 9.96. The van der Waals surface area contributed by atoms with Crippen LogP contribution in [0.4, 0.5) is 5.13 Å². The lowest BCUT2D eigenvalue weighted by Gasteiger charge is -2.30. The smallest absolute Gasteiger partial charge is 0.223 e. The van der Waals surface area contributed by atoms with Crippen LogP contribution in [0.3, 0.4) is 0 Å². The molecule has 5 nitrogen and oxygen atoms in total. The Morgan fingerprint density at radius 2 is 2.00 bits per heavy atom.